The smallest absolute Gasteiger partial charge is 0.259 e. The molecule has 2 aromatic rings. The molecule has 122 valence electrons. The van der Waals surface area contributed by atoms with Crippen molar-refractivity contribution in [3.63, 3.8) is 0 Å². The summed E-state index contributed by atoms with van der Waals surface area (Å²) in [5.41, 5.74) is 8.96. The van der Waals surface area contributed by atoms with Crippen molar-refractivity contribution in [1.82, 2.24) is 15.0 Å². The molecule has 6 heteroatoms. The number of carbonyl (C=O) groups is 1. The fraction of sp³-hybridized carbons (Fsp3) is 0.588. The number of nitrogens with two attached hydrogens (primary N) is 1. The average Bonchev–Trinajstić information content (AvgIpc) is 3.20. The molecule has 1 aliphatic carbocycles. The Morgan fingerprint density at radius 1 is 1.43 bits per heavy atom. The number of amides is 1. The molecule has 2 N–H and O–H groups in total. The summed E-state index contributed by atoms with van der Waals surface area (Å²) in [7, 11) is 0. The van der Waals surface area contributed by atoms with Gasteiger partial charge < -0.3 is 15.2 Å². The van der Waals surface area contributed by atoms with E-state index in [0.717, 1.165) is 55.4 Å². The van der Waals surface area contributed by atoms with E-state index < -0.39 is 0 Å². The van der Waals surface area contributed by atoms with E-state index >= 15 is 0 Å². The Morgan fingerprint density at radius 2 is 2.26 bits per heavy atom. The van der Waals surface area contributed by atoms with E-state index in [1.165, 1.54) is 0 Å². The Labute approximate surface area is 135 Å². The molecule has 1 atom stereocenters. The standard InChI is InChI=1S/C17H22N4O2/c1-2-3-13-15-12(17(22)21-7-6-11(18)9-21)8-14(10-4-5-10)19-16(15)23-20-13/h8,10-11H,2-7,9,18H2,1H3/t11-/m1/s1. The number of pyridine rings is 1. The van der Waals surface area contributed by atoms with Crippen LogP contribution in [0.3, 0.4) is 0 Å². The lowest BCUT2D eigenvalue weighted by molar-refractivity contribution is 0.0792. The molecule has 1 aliphatic heterocycles. The Balaban J connectivity index is 1.81. The van der Waals surface area contributed by atoms with Crippen LogP contribution in [0.25, 0.3) is 11.1 Å². The first-order valence-corrected chi connectivity index (χ1v) is 8.51. The van der Waals surface area contributed by atoms with E-state index in [4.69, 9.17) is 10.3 Å². The molecule has 0 radical (unpaired) electrons. The van der Waals surface area contributed by atoms with Gasteiger partial charge in [-0.1, -0.05) is 18.5 Å². The van der Waals surface area contributed by atoms with Crippen molar-refractivity contribution in [3.05, 3.63) is 23.0 Å². The number of hydrogen-bond acceptors (Lipinski definition) is 5. The van der Waals surface area contributed by atoms with Crippen molar-refractivity contribution in [1.29, 1.82) is 0 Å². The van der Waals surface area contributed by atoms with Crippen LogP contribution < -0.4 is 5.73 Å². The average molecular weight is 314 g/mol. The maximum absolute atomic E-state index is 13.0. The van der Waals surface area contributed by atoms with Gasteiger partial charge in [0, 0.05) is 30.7 Å². The number of nitrogens with zero attached hydrogens (tertiary/aromatic N) is 3. The highest BCUT2D eigenvalue weighted by atomic mass is 16.5. The highest BCUT2D eigenvalue weighted by Gasteiger charge is 2.31. The summed E-state index contributed by atoms with van der Waals surface area (Å²) >= 11 is 0. The van der Waals surface area contributed by atoms with Gasteiger partial charge in [0.05, 0.1) is 16.6 Å². The van der Waals surface area contributed by atoms with Crippen LogP contribution in [0.15, 0.2) is 10.6 Å². The van der Waals surface area contributed by atoms with Crippen LogP contribution in [0.5, 0.6) is 0 Å². The lowest BCUT2D eigenvalue weighted by Gasteiger charge is -2.17. The Kier molecular flexibility index (Phi) is 3.56. The normalized spacial score (nSPS) is 21.3. The Hall–Kier alpha value is -1.95. The van der Waals surface area contributed by atoms with Crippen LogP contribution >= 0.6 is 0 Å². The van der Waals surface area contributed by atoms with E-state index in [0.29, 0.717) is 23.7 Å². The summed E-state index contributed by atoms with van der Waals surface area (Å²) < 4.78 is 5.44. The zero-order chi connectivity index (χ0) is 16.0. The fourth-order valence-corrected chi connectivity index (χ4v) is 3.34. The number of aromatic nitrogens is 2. The van der Waals surface area contributed by atoms with Gasteiger partial charge in [0.2, 0.25) is 0 Å². The molecule has 1 amide bonds. The molecule has 0 unspecified atom stereocenters. The number of carbonyl (C=O) groups excluding carboxylic acids is 1. The maximum atomic E-state index is 13.0. The molecule has 0 bridgehead atoms. The zero-order valence-electron chi connectivity index (χ0n) is 13.4. The summed E-state index contributed by atoms with van der Waals surface area (Å²) in [5.74, 6) is 0.499. The zero-order valence-corrected chi connectivity index (χ0v) is 13.4. The van der Waals surface area contributed by atoms with Gasteiger partial charge in [-0.05, 0) is 31.7 Å². The van der Waals surface area contributed by atoms with Crippen LogP contribution in [0.1, 0.15) is 60.3 Å². The molecular weight excluding hydrogens is 292 g/mol. The molecule has 2 fully saturated rings. The van der Waals surface area contributed by atoms with E-state index in [1.54, 1.807) is 0 Å². The quantitative estimate of drug-likeness (QED) is 0.935. The molecule has 3 heterocycles. The molecular formula is C17H22N4O2. The topological polar surface area (TPSA) is 85.2 Å². The molecule has 0 aromatic carbocycles. The van der Waals surface area contributed by atoms with E-state index in [2.05, 4.69) is 17.1 Å². The molecule has 2 aromatic heterocycles. The second kappa shape index (κ2) is 5.60. The van der Waals surface area contributed by atoms with Gasteiger partial charge in [-0.25, -0.2) is 4.98 Å². The van der Waals surface area contributed by atoms with Crippen LogP contribution in [0.4, 0.5) is 0 Å². The van der Waals surface area contributed by atoms with E-state index in [9.17, 15) is 4.79 Å². The Morgan fingerprint density at radius 3 is 2.91 bits per heavy atom. The Bertz CT molecular complexity index is 750. The molecule has 6 nitrogen and oxygen atoms in total. The molecule has 4 rings (SSSR count). The van der Waals surface area contributed by atoms with Gasteiger partial charge in [0.15, 0.2) is 0 Å². The van der Waals surface area contributed by atoms with Gasteiger partial charge >= 0.3 is 0 Å². The summed E-state index contributed by atoms with van der Waals surface area (Å²) in [5, 5.41) is 4.95. The minimum atomic E-state index is 0.0350. The predicted molar refractivity (Wildman–Crippen MR) is 86.3 cm³/mol. The third kappa shape index (κ3) is 2.61. The molecule has 23 heavy (non-hydrogen) atoms. The van der Waals surface area contributed by atoms with Crippen LogP contribution in [-0.2, 0) is 6.42 Å². The van der Waals surface area contributed by atoms with Gasteiger partial charge in [-0.15, -0.1) is 0 Å². The molecule has 2 aliphatic rings. The number of likely N-dealkylation sites (tertiary alicyclic amines) is 1. The predicted octanol–water partition coefficient (Wildman–Crippen LogP) is 2.23. The van der Waals surface area contributed by atoms with Crippen LogP contribution in [-0.4, -0.2) is 40.1 Å². The lowest BCUT2D eigenvalue weighted by atomic mass is 10.0. The molecule has 1 saturated heterocycles. The van der Waals surface area contributed by atoms with Crippen molar-refractivity contribution in [2.24, 2.45) is 5.73 Å². The maximum Gasteiger partial charge on any atom is 0.259 e. The minimum absolute atomic E-state index is 0.0350. The SMILES string of the molecule is CCCc1noc2nc(C3CC3)cc(C(=O)N3CC[C@@H](N)C3)c12. The molecule has 0 spiro atoms. The number of rotatable bonds is 4. The van der Waals surface area contributed by atoms with Crippen molar-refractivity contribution in [2.45, 2.75) is 51.0 Å². The third-order valence-corrected chi connectivity index (χ3v) is 4.76. The highest BCUT2D eigenvalue weighted by molar-refractivity contribution is 6.06. The van der Waals surface area contributed by atoms with Gasteiger partial charge in [0.1, 0.15) is 0 Å². The second-order valence-electron chi connectivity index (χ2n) is 6.73. The highest BCUT2D eigenvalue weighted by Crippen LogP contribution is 2.40. The summed E-state index contributed by atoms with van der Waals surface area (Å²) in [6, 6.07) is 2.04. The minimum Gasteiger partial charge on any atom is -0.337 e. The van der Waals surface area contributed by atoms with Crippen molar-refractivity contribution in [2.75, 3.05) is 13.1 Å². The number of hydrogen-bond donors (Lipinski definition) is 1. The summed E-state index contributed by atoms with van der Waals surface area (Å²) in [6.45, 7) is 3.43. The van der Waals surface area contributed by atoms with Gasteiger partial charge in [0.25, 0.3) is 11.6 Å². The van der Waals surface area contributed by atoms with Crippen molar-refractivity contribution < 1.29 is 9.32 Å². The van der Waals surface area contributed by atoms with Crippen molar-refractivity contribution >= 4 is 17.0 Å². The first kappa shape index (κ1) is 14.6. The van der Waals surface area contributed by atoms with Crippen LogP contribution in [0.2, 0.25) is 0 Å². The van der Waals surface area contributed by atoms with Gasteiger partial charge in [-0.3, -0.25) is 4.79 Å². The van der Waals surface area contributed by atoms with Crippen molar-refractivity contribution in [3.8, 4) is 0 Å². The second-order valence-corrected chi connectivity index (χ2v) is 6.73. The van der Waals surface area contributed by atoms with E-state index in [-0.39, 0.29) is 11.9 Å². The summed E-state index contributed by atoms with van der Waals surface area (Å²) in [4.78, 5) is 19.5. The van der Waals surface area contributed by atoms with E-state index in [1.807, 2.05) is 11.0 Å². The number of aryl methyl sites for hydroxylation is 1. The fourth-order valence-electron chi connectivity index (χ4n) is 3.34. The number of fused-ring (bicyclic) bond motifs is 1. The first-order valence-electron chi connectivity index (χ1n) is 8.51. The lowest BCUT2D eigenvalue weighted by Crippen LogP contribution is -2.32. The first-order chi connectivity index (χ1) is 11.2. The third-order valence-electron chi connectivity index (χ3n) is 4.76. The monoisotopic (exact) mass is 314 g/mol. The van der Waals surface area contributed by atoms with Gasteiger partial charge in [-0.2, -0.15) is 0 Å². The molecule has 1 saturated carbocycles. The largest absolute Gasteiger partial charge is 0.337 e. The van der Waals surface area contributed by atoms with Crippen LogP contribution in [0, 0.1) is 0 Å². The summed E-state index contributed by atoms with van der Waals surface area (Å²) in [6.07, 6.45) is 4.87.